The quantitative estimate of drug-likeness (QED) is 0.616. The summed E-state index contributed by atoms with van der Waals surface area (Å²) >= 11 is 6.08. The second-order valence-electron chi connectivity index (χ2n) is 8.17. The molecule has 3 aromatic rings. The summed E-state index contributed by atoms with van der Waals surface area (Å²) in [5.41, 5.74) is 2.72. The molecule has 0 atom stereocenters. The molecule has 1 saturated heterocycles. The summed E-state index contributed by atoms with van der Waals surface area (Å²) in [6.45, 7) is 2.39. The summed E-state index contributed by atoms with van der Waals surface area (Å²) in [5, 5.41) is 21.4. The topological polar surface area (TPSA) is 113 Å². The van der Waals surface area contributed by atoms with Gasteiger partial charge in [-0.2, -0.15) is 15.2 Å². The van der Waals surface area contributed by atoms with Gasteiger partial charge in [-0.15, -0.1) is 5.10 Å². The number of carbonyl (C=O) groups excluding carboxylic acids is 1. The number of nitriles is 1. The van der Waals surface area contributed by atoms with Gasteiger partial charge in [-0.1, -0.05) is 11.6 Å². The van der Waals surface area contributed by atoms with E-state index in [0.717, 1.165) is 43.0 Å². The molecule has 0 spiro atoms. The minimum Gasteiger partial charge on any atom is -0.348 e. The zero-order valence-corrected chi connectivity index (χ0v) is 18.0. The van der Waals surface area contributed by atoms with Crippen LogP contribution in [0.4, 0.5) is 5.95 Å². The molecule has 1 aliphatic carbocycles. The molecule has 0 bridgehead atoms. The van der Waals surface area contributed by atoms with Gasteiger partial charge in [0.2, 0.25) is 5.95 Å². The minimum absolute atomic E-state index is 0.0330. The van der Waals surface area contributed by atoms with Crippen LogP contribution in [-0.2, 0) is 6.54 Å². The normalized spacial score (nSPS) is 19.6. The van der Waals surface area contributed by atoms with Crippen molar-refractivity contribution in [2.24, 2.45) is 0 Å². The first-order valence-electron chi connectivity index (χ1n) is 10.6. The molecule has 9 nitrogen and oxygen atoms in total. The van der Waals surface area contributed by atoms with Gasteiger partial charge in [0.05, 0.1) is 24.4 Å². The predicted octanol–water partition coefficient (Wildman–Crippen LogP) is 2.53. The average Bonchev–Trinajstić information content (AvgIpc) is 3.19. The largest absolute Gasteiger partial charge is 0.348 e. The van der Waals surface area contributed by atoms with Gasteiger partial charge in [-0.3, -0.25) is 4.79 Å². The van der Waals surface area contributed by atoms with Gasteiger partial charge in [0.1, 0.15) is 0 Å². The number of aromatic nitrogens is 5. The van der Waals surface area contributed by atoms with E-state index in [1.165, 1.54) is 17.4 Å². The van der Waals surface area contributed by atoms with E-state index in [0.29, 0.717) is 17.1 Å². The van der Waals surface area contributed by atoms with Crippen LogP contribution >= 0.6 is 11.6 Å². The first kappa shape index (κ1) is 20.4. The molecule has 0 radical (unpaired) electrons. The Bertz CT molecular complexity index is 1180. The number of halogens is 1. The van der Waals surface area contributed by atoms with Gasteiger partial charge >= 0.3 is 0 Å². The summed E-state index contributed by atoms with van der Waals surface area (Å²) in [7, 11) is 0. The van der Waals surface area contributed by atoms with Crippen LogP contribution in [0.5, 0.6) is 0 Å². The van der Waals surface area contributed by atoms with Gasteiger partial charge < -0.3 is 10.2 Å². The number of carbonyl (C=O) groups is 1. The Morgan fingerprint density at radius 1 is 1.22 bits per heavy atom. The van der Waals surface area contributed by atoms with Crippen LogP contribution < -0.4 is 10.2 Å². The van der Waals surface area contributed by atoms with Crippen molar-refractivity contribution in [3.05, 3.63) is 64.2 Å². The predicted molar refractivity (Wildman–Crippen MR) is 117 cm³/mol. The van der Waals surface area contributed by atoms with Gasteiger partial charge in [-0.05, 0) is 48.9 Å². The van der Waals surface area contributed by atoms with Crippen molar-refractivity contribution in [1.82, 2.24) is 30.3 Å². The molecule has 2 aliphatic rings. The number of anilines is 1. The summed E-state index contributed by atoms with van der Waals surface area (Å²) in [5.74, 6) is 0.700. The molecular weight excluding hydrogens is 428 g/mol. The van der Waals surface area contributed by atoms with E-state index in [9.17, 15) is 10.1 Å². The summed E-state index contributed by atoms with van der Waals surface area (Å²) in [4.78, 5) is 24.9. The van der Waals surface area contributed by atoms with E-state index in [1.807, 2.05) is 6.07 Å². The molecule has 10 heteroatoms. The van der Waals surface area contributed by atoms with Crippen LogP contribution in [0.2, 0.25) is 5.02 Å². The Hall–Kier alpha value is -3.51. The molecule has 1 aromatic carbocycles. The summed E-state index contributed by atoms with van der Waals surface area (Å²) in [6, 6.07) is 7.55. The average molecular weight is 449 g/mol. The van der Waals surface area contributed by atoms with Gasteiger partial charge in [0.25, 0.3) is 5.91 Å². The molecular formula is C22H21ClN8O. The standard InChI is InChI=1S/C22H21ClN8O/c23-17-3-2-15(9-24)19(8-17)16-6-18(7-16)28-21(32)20-12-27-31(29-20)13-14-10-25-22(26-11-14)30-4-1-5-30/h2-3,8,10-12,16,18H,1,4-7,13H2,(H,28,32). The second-order valence-corrected chi connectivity index (χ2v) is 8.61. The second kappa shape index (κ2) is 8.55. The Balaban J connectivity index is 1.15. The Morgan fingerprint density at radius 2 is 2.00 bits per heavy atom. The van der Waals surface area contributed by atoms with Crippen molar-refractivity contribution in [2.75, 3.05) is 18.0 Å². The van der Waals surface area contributed by atoms with Gasteiger partial charge in [0.15, 0.2) is 5.69 Å². The van der Waals surface area contributed by atoms with Crippen molar-refractivity contribution in [3.63, 3.8) is 0 Å². The molecule has 1 N–H and O–H groups in total. The highest BCUT2D eigenvalue weighted by Crippen LogP contribution is 2.39. The zero-order valence-electron chi connectivity index (χ0n) is 17.3. The lowest BCUT2D eigenvalue weighted by molar-refractivity contribution is 0.0903. The fraction of sp³-hybridized carbons (Fsp3) is 0.364. The highest BCUT2D eigenvalue weighted by atomic mass is 35.5. The smallest absolute Gasteiger partial charge is 0.273 e. The van der Waals surface area contributed by atoms with Crippen LogP contribution in [0.1, 0.15) is 52.4 Å². The Kier molecular flexibility index (Phi) is 5.45. The third-order valence-electron chi connectivity index (χ3n) is 5.97. The fourth-order valence-corrected chi connectivity index (χ4v) is 4.15. The molecule has 3 heterocycles. The lowest BCUT2D eigenvalue weighted by atomic mass is 9.74. The van der Waals surface area contributed by atoms with E-state index >= 15 is 0 Å². The lowest BCUT2D eigenvalue weighted by Crippen LogP contribution is -2.43. The number of nitrogens with one attached hydrogen (secondary N) is 1. The van der Waals surface area contributed by atoms with Crippen LogP contribution in [0.15, 0.2) is 36.8 Å². The maximum atomic E-state index is 12.6. The third-order valence-corrected chi connectivity index (χ3v) is 6.21. The highest BCUT2D eigenvalue weighted by molar-refractivity contribution is 6.30. The molecule has 0 unspecified atom stereocenters. The summed E-state index contributed by atoms with van der Waals surface area (Å²) < 4.78 is 0. The highest BCUT2D eigenvalue weighted by Gasteiger charge is 2.33. The van der Waals surface area contributed by atoms with Crippen LogP contribution in [-0.4, -0.2) is 50.0 Å². The van der Waals surface area contributed by atoms with Crippen LogP contribution in [0.3, 0.4) is 0 Å². The fourth-order valence-electron chi connectivity index (χ4n) is 3.97. The molecule has 1 saturated carbocycles. The van der Waals surface area contributed by atoms with Crippen molar-refractivity contribution < 1.29 is 4.79 Å². The number of nitrogens with zero attached hydrogens (tertiary/aromatic N) is 7. The van der Waals surface area contributed by atoms with Crippen LogP contribution in [0.25, 0.3) is 0 Å². The van der Waals surface area contributed by atoms with E-state index in [-0.39, 0.29) is 23.6 Å². The lowest BCUT2D eigenvalue weighted by Gasteiger charge is -2.36. The number of hydrogen-bond donors (Lipinski definition) is 1. The SMILES string of the molecule is N#Cc1ccc(Cl)cc1C1CC(NC(=O)c2cnn(Cc3cnc(N4CCC4)nc3)n2)C1. The van der Waals surface area contributed by atoms with Crippen molar-refractivity contribution in [2.45, 2.75) is 37.8 Å². The maximum absolute atomic E-state index is 12.6. The minimum atomic E-state index is -0.254. The number of amides is 1. The van der Waals surface area contributed by atoms with Crippen molar-refractivity contribution in [1.29, 1.82) is 5.26 Å². The Labute approximate surface area is 190 Å². The first-order valence-corrected chi connectivity index (χ1v) is 10.9. The molecule has 2 aromatic heterocycles. The molecule has 32 heavy (non-hydrogen) atoms. The van der Waals surface area contributed by atoms with Crippen LogP contribution in [0, 0.1) is 11.3 Å². The molecule has 5 rings (SSSR count). The molecule has 2 fully saturated rings. The van der Waals surface area contributed by atoms with E-state index < -0.39 is 0 Å². The van der Waals surface area contributed by atoms with Crippen molar-refractivity contribution in [3.8, 4) is 6.07 Å². The van der Waals surface area contributed by atoms with E-state index in [4.69, 9.17) is 11.6 Å². The number of rotatable bonds is 6. The number of benzene rings is 1. The molecule has 162 valence electrons. The third kappa shape index (κ3) is 4.14. The molecule has 1 amide bonds. The van der Waals surface area contributed by atoms with Gasteiger partial charge in [0, 0.05) is 42.1 Å². The Morgan fingerprint density at radius 3 is 2.69 bits per heavy atom. The van der Waals surface area contributed by atoms with E-state index in [1.54, 1.807) is 24.5 Å². The number of hydrogen-bond acceptors (Lipinski definition) is 7. The maximum Gasteiger partial charge on any atom is 0.273 e. The first-order chi connectivity index (χ1) is 15.6. The van der Waals surface area contributed by atoms with Crippen molar-refractivity contribution >= 4 is 23.5 Å². The monoisotopic (exact) mass is 448 g/mol. The van der Waals surface area contributed by atoms with Gasteiger partial charge in [-0.25, -0.2) is 9.97 Å². The summed E-state index contributed by atoms with van der Waals surface area (Å²) in [6.07, 6.45) is 7.69. The van der Waals surface area contributed by atoms with E-state index in [2.05, 4.69) is 36.5 Å². The zero-order chi connectivity index (χ0) is 22.1. The molecule has 1 aliphatic heterocycles.